The maximum absolute atomic E-state index is 11.7. The van der Waals surface area contributed by atoms with Gasteiger partial charge in [0.05, 0.1) is 23.2 Å². The second-order valence-electron chi connectivity index (χ2n) is 6.95. The zero-order valence-corrected chi connectivity index (χ0v) is 18.0. The Morgan fingerprint density at radius 1 is 1.39 bits per heavy atom. The SMILES string of the molecule is CCS(=O)(=O)NCC1CN(Cc2c(C)noc2C)Cc2ccnn21.O=C(O)C(F)(F)F. The Morgan fingerprint density at radius 2 is 2.03 bits per heavy atom. The molecule has 0 fully saturated rings. The molecule has 0 aliphatic carbocycles. The Labute approximate surface area is 177 Å². The molecule has 1 atom stereocenters. The van der Waals surface area contributed by atoms with Crippen molar-refractivity contribution in [3.63, 3.8) is 0 Å². The Bertz CT molecular complexity index is 983. The normalized spacial score (nSPS) is 17.0. The molecule has 2 N–H and O–H groups in total. The molecule has 0 saturated carbocycles. The largest absolute Gasteiger partial charge is 0.490 e. The number of aromatic nitrogens is 3. The fourth-order valence-corrected chi connectivity index (χ4v) is 3.66. The van der Waals surface area contributed by atoms with E-state index in [0.717, 1.165) is 35.8 Å². The van der Waals surface area contributed by atoms with Gasteiger partial charge in [-0.25, -0.2) is 17.9 Å². The third kappa shape index (κ3) is 6.77. The van der Waals surface area contributed by atoms with Crippen LogP contribution < -0.4 is 4.72 Å². The maximum Gasteiger partial charge on any atom is 0.490 e. The smallest absolute Gasteiger partial charge is 0.475 e. The monoisotopic (exact) mass is 467 g/mol. The van der Waals surface area contributed by atoms with Crippen molar-refractivity contribution in [2.75, 3.05) is 18.8 Å². The highest BCUT2D eigenvalue weighted by molar-refractivity contribution is 7.89. The van der Waals surface area contributed by atoms with Crippen LogP contribution in [0.1, 0.15) is 35.7 Å². The number of hydrogen-bond donors (Lipinski definition) is 2. The summed E-state index contributed by atoms with van der Waals surface area (Å²) in [4.78, 5) is 11.2. The van der Waals surface area contributed by atoms with Crippen LogP contribution in [0, 0.1) is 13.8 Å². The number of halogens is 3. The van der Waals surface area contributed by atoms with E-state index >= 15 is 0 Å². The first kappa shape index (κ1) is 24.8. The number of fused-ring (bicyclic) bond motifs is 1. The second kappa shape index (κ2) is 9.78. The number of carboxylic acid groups (broad SMARTS) is 1. The molecule has 3 rings (SSSR count). The number of sulfonamides is 1. The summed E-state index contributed by atoms with van der Waals surface area (Å²) in [6.45, 7) is 8.02. The number of carboxylic acids is 1. The van der Waals surface area contributed by atoms with E-state index in [-0.39, 0.29) is 11.8 Å². The predicted octanol–water partition coefficient (Wildman–Crippen LogP) is 1.62. The van der Waals surface area contributed by atoms with Crippen molar-refractivity contribution in [1.82, 2.24) is 24.6 Å². The number of rotatable bonds is 6. The van der Waals surface area contributed by atoms with Crippen LogP contribution in [-0.2, 0) is 27.9 Å². The molecule has 0 amide bonds. The zero-order valence-electron chi connectivity index (χ0n) is 17.2. The Morgan fingerprint density at radius 3 is 2.55 bits per heavy atom. The van der Waals surface area contributed by atoms with Crippen molar-refractivity contribution in [2.24, 2.45) is 0 Å². The lowest BCUT2D eigenvalue weighted by Crippen LogP contribution is -2.43. The van der Waals surface area contributed by atoms with E-state index in [9.17, 15) is 21.6 Å². The Kier molecular flexibility index (Phi) is 7.83. The summed E-state index contributed by atoms with van der Waals surface area (Å²) in [5.74, 6) is -1.85. The highest BCUT2D eigenvalue weighted by Crippen LogP contribution is 2.24. The fourth-order valence-electron chi connectivity index (χ4n) is 3.01. The van der Waals surface area contributed by atoms with E-state index in [2.05, 4.69) is 19.9 Å². The molecule has 31 heavy (non-hydrogen) atoms. The molecule has 3 heterocycles. The van der Waals surface area contributed by atoms with E-state index < -0.39 is 22.2 Å². The van der Waals surface area contributed by atoms with Gasteiger partial charge in [-0.1, -0.05) is 5.16 Å². The summed E-state index contributed by atoms with van der Waals surface area (Å²) >= 11 is 0. The molecule has 0 bridgehead atoms. The molecule has 2 aromatic heterocycles. The molecule has 10 nitrogen and oxygen atoms in total. The third-order valence-corrected chi connectivity index (χ3v) is 6.04. The molecular weight excluding hydrogens is 443 g/mol. The summed E-state index contributed by atoms with van der Waals surface area (Å²) in [6.07, 6.45) is -3.32. The molecule has 1 aliphatic rings. The first-order valence-electron chi connectivity index (χ1n) is 9.28. The van der Waals surface area contributed by atoms with Crippen molar-refractivity contribution in [2.45, 2.75) is 46.1 Å². The van der Waals surface area contributed by atoms with Crippen LogP contribution in [0.5, 0.6) is 0 Å². The van der Waals surface area contributed by atoms with Crippen LogP contribution >= 0.6 is 0 Å². The van der Waals surface area contributed by atoms with Crippen molar-refractivity contribution in [3.8, 4) is 0 Å². The van der Waals surface area contributed by atoms with Crippen molar-refractivity contribution < 1.29 is 36.0 Å². The van der Waals surface area contributed by atoms with Gasteiger partial charge in [0.1, 0.15) is 5.76 Å². The van der Waals surface area contributed by atoms with Crippen LogP contribution in [0.25, 0.3) is 0 Å². The predicted molar refractivity (Wildman–Crippen MR) is 103 cm³/mol. The number of hydrogen-bond acceptors (Lipinski definition) is 7. The van der Waals surface area contributed by atoms with Crippen molar-refractivity contribution in [3.05, 3.63) is 35.0 Å². The molecule has 174 valence electrons. The van der Waals surface area contributed by atoms with Gasteiger partial charge in [-0.05, 0) is 26.8 Å². The summed E-state index contributed by atoms with van der Waals surface area (Å²) in [7, 11) is -3.22. The summed E-state index contributed by atoms with van der Waals surface area (Å²) < 4.78 is 65.0. The third-order valence-electron chi connectivity index (χ3n) is 4.68. The summed E-state index contributed by atoms with van der Waals surface area (Å²) in [5, 5.41) is 15.5. The van der Waals surface area contributed by atoms with Gasteiger partial charge in [0.25, 0.3) is 0 Å². The van der Waals surface area contributed by atoms with Crippen LogP contribution in [0.4, 0.5) is 13.2 Å². The Balaban J connectivity index is 0.000000423. The first-order chi connectivity index (χ1) is 14.3. The van der Waals surface area contributed by atoms with Crippen LogP contribution in [0.3, 0.4) is 0 Å². The minimum Gasteiger partial charge on any atom is -0.475 e. The summed E-state index contributed by atoms with van der Waals surface area (Å²) in [5.41, 5.74) is 3.07. The quantitative estimate of drug-likeness (QED) is 0.655. The summed E-state index contributed by atoms with van der Waals surface area (Å²) in [6, 6.07) is 1.94. The Hall–Kier alpha value is -2.45. The molecular formula is C17H24F3N5O5S. The number of alkyl halides is 3. The standard InChI is InChI=1S/C15H23N5O3S.C2HF3O2/c1-4-24(21,22)17-7-14-9-19(8-13-5-6-16-20(13)14)10-15-11(2)18-23-12(15)3;3-2(4,5)1(6)7/h5-6,14,17H,4,7-10H2,1-3H3;(H,6,7). The maximum atomic E-state index is 11.7. The van der Waals surface area contributed by atoms with Gasteiger partial charge in [-0.15, -0.1) is 0 Å². The van der Waals surface area contributed by atoms with Gasteiger partial charge in [0.2, 0.25) is 10.0 Å². The average Bonchev–Trinajstić information content (AvgIpc) is 3.28. The van der Waals surface area contributed by atoms with Gasteiger partial charge in [0, 0.05) is 37.9 Å². The highest BCUT2D eigenvalue weighted by Gasteiger charge is 2.38. The van der Waals surface area contributed by atoms with Crippen molar-refractivity contribution >= 4 is 16.0 Å². The van der Waals surface area contributed by atoms with Gasteiger partial charge in [-0.3, -0.25) is 9.58 Å². The lowest BCUT2D eigenvalue weighted by Gasteiger charge is -2.33. The lowest BCUT2D eigenvalue weighted by atomic mass is 10.1. The van der Waals surface area contributed by atoms with Crippen LogP contribution in [0.15, 0.2) is 16.8 Å². The minimum absolute atomic E-state index is 0.0365. The molecule has 2 aromatic rings. The average molecular weight is 467 g/mol. The molecule has 0 spiro atoms. The lowest BCUT2D eigenvalue weighted by molar-refractivity contribution is -0.192. The second-order valence-corrected chi connectivity index (χ2v) is 9.04. The van der Waals surface area contributed by atoms with Crippen LogP contribution in [0.2, 0.25) is 0 Å². The van der Waals surface area contributed by atoms with E-state index in [1.165, 1.54) is 0 Å². The topological polar surface area (TPSA) is 131 Å². The number of nitrogens with zero attached hydrogens (tertiary/aromatic N) is 4. The van der Waals surface area contributed by atoms with Crippen LogP contribution in [-0.4, -0.2) is 64.3 Å². The fraction of sp³-hybridized carbons (Fsp3) is 0.588. The van der Waals surface area contributed by atoms with Gasteiger partial charge < -0.3 is 9.63 Å². The number of carbonyl (C=O) groups is 1. The molecule has 14 heteroatoms. The molecule has 1 aliphatic heterocycles. The van der Waals surface area contributed by atoms with Gasteiger partial charge in [0.15, 0.2) is 0 Å². The first-order valence-corrected chi connectivity index (χ1v) is 10.9. The van der Waals surface area contributed by atoms with Gasteiger partial charge >= 0.3 is 12.1 Å². The van der Waals surface area contributed by atoms with Crippen molar-refractivity contribution in [1.29, 1.82) is 0 Å². The molecule has 1 unspecified atom stereocenters. The molecule has 0 aromatic carbocycles. The van der Waals surface area contributed by atoms with E-state index in [1.54, 1.807) is 13.1 Å². The number of aryl methyl sites for hydroxylation is 2. The van der Waals surface area contributed by atoms with E-state index in [1.807, 2.05) is 24.6 Å². The highest BCUT2D eigenvalue weighted by atomic mass is 32.2. The molecule has 0 radical (unpaired) electrons. The minimum atomic E-state index is -5.08. The number of aliphatic carboxylic acids is 1. The van der Waals surface area contributed by atoms with E-state index in [4.69, 9.17) is 14.4 Å². The van der Waals surface area contributed by atoms with Gasteiger partial charge in [-0.2, -0.15) is 18.3 Å². The zero-order chi connectivity index (χ0) is 23.4. The number of nitrogens with one attached hydrogen (secondary N) is 1. The molecule has 0 saturated heterocycles. The van der Waals surface area contributed by atoms with E-state index in [0.29, 0.717) is 13.1 Å².